The fraction of sp³-hybridized carbons (Fsp3) is 0.519. The Balaban J connectivity index is 1.66. The molecule has 2 fully saturated rings. The summed E-state index contributed by atoms with van der Waals surface area (Å²) in [5.74, 6) is -0.462. The number of ketones is 1. The SMILES string of the molecule is CC1(C)CC(N2CC[C@](O)(c3ccccc3)[C@@H](C(=O)c3ccccc3)C2)CC(C)(C)N1. The fourth-order valence-corrected chi connectivity index (χ4v) is 6.00. The van der Waals surface area contributed by atoms with Crippen molar-refractivity contribution in [3.63, 3.8) is 0 Å². The molecule has 0 aromatic heterocycles. The van der Waals surface area contributed by atoms with Crippen LogP contribution in [0.2, 0.25) is 0 Å². The molecule has 4 nitrogen and oxygen atoms in total. The van der Waals surface area contributed by atoms with E-state index in [0.29, 0.717) is 24.6 Å². The summed E-state index contributed by atoms with van der Waals surface area (Å²) in [5.41, 5.74) is 0.448. The fourth-order valence-electron chi connectivity index (χ4n) is 6.00. The number of likely N-dealkylation sites (tertiary alicyclic amines) is 1. The Hall–Kier alpha value is -2.01. The maximum absolute atomic E-state index is 13.7. The Bertz CT molecular complexity index is 893. The summed E-state index contributed by atoms with van der Waals surface area (Å²) in [4.78, 5) is 16.1. The van der Waals surface area contributed by atoms with E-state index in [4.69, 9.17) is 0 Å². The van der Waals surface area contributed by atoms with Crippen molar-refractivity contribution in [3.8, 4) is 0 Å². The molecule has 2 heterocycles. The van der Waals surface area contributed by atoms with E-state index in [0.717, 1.165) is 24.9 Å². The van der Waals surface area contributed by atoms with Crippen LogP contribution in [0.15, 0.2) is 60.7 Å². The number of rotatable bonds is 4. The zero-order valence-electron chi connectivity index (χ0n) is 19.3. The molecule has 0 aliphatic carbocycles. The van der Waals surface area contributed by atoms with Crippen LogP contribution in [0.3, 0.4) is 0 Å². The molecule has 2 aliphatic rings. The van der Waals surface area contributed by atoms with E-state index in [2.05, 4.69) is 37.9 Å². The van der Waals surface area contributed by atoms with Gasteiger partial charge in [-0.2, -0.15) is 0 Å². The average Bonchev–Trinajstić information content (AvgIpc) is 2.72. The van der Waals surface area contributed by atoms with Crippen molar-refractivity contribution in [1.82, 2.24) is 10.2 Å². The summed E-state index contributed by atoms with van der Waals surface area (Å²) < 4.78 is 0. The number of aliphatic hydroxyl groups is 1. The summed E-state index contributed by atoms with van der Waals surface area (Å²) in [7, 11) is 0. The number of hydrogen-bond donors (Lipinski definition) is 2. The third-order valence-corrected chi connectivity index (χ3v) is 7.11. The maximum atomic E-state index is 13.7. The minimum absolute atomic E-state index is 0.0316. The van der Waals surface area contributed by atoms with Crippen molar-refractivity contribution in [2.75, 3.05) is 13.1 Å². The number of nitrogens with one attached hydrogen (secondary N) is 1. The van der Waals surface area contributed by atoms with Gasteiger partial charge in [-0.1, -0.05) is 60.7 Å². The van der Waals surface area contributed by atoms with Crippen molar-refractivity contribution in [3.05, 3.63) is 71.8 Å². The van der Waals surface area contributed by atoms with E-state index in [-0.39, 0.29) is 16.9 Å². The standard InChI is InChI=1S/C27H36N2O2/c1-25(2)17-22(18-26(3,4)28-25)29-16-15-27(31,21-13-9-6-10-14-21)23(19-29)24(30)20-11-7-5-8-12-20/h5-14,22-23,28,31H,15-19H2,1-4H3/t23-,27+/m1/s1. The molecule has 2 N–H and O–H groups in total. The van der Waals surface area contributed by atoms with Crippen LogP contribution >= 0.6 is 0 Å². The highest BCUT2D eigenvalue weighted by molar-refractivity contribution is 5.99. The molecule has 0 amide bonds. The Morgan fingerprint density at radius 2 is 1.48 bits per heavy atom. The van der Waals surface area contributed by atoms with Crippen LogP contribution in [-0.2, 0) is 5.60 Å². The minimum atomic E-state index is -1.15. The quantitative estimate of drug-likeness (QED) is 0.721. The van der Waals surface area contributed by atoms with Gasteiger partial charge < -0.3 is 10.4 Å². The van der Waals surface area contributed by atoms with E-state index < -0.39 is 11.5 Å². The van der Waals surface area contributed by atoms with Gasteiger partial charge in [0.1, 0.15) is 5.60 Å². The molecule has 4 rings (SSSR count). The second-order valence-corrected chi connectivity index (χ2v) is 10.8. The van der Waals surface area contributed by atoms with Gasteiger partial charge in [0, 0.05) is 35.8 Å². The van der Waals surface area contributed by atoms with Crippen molar-refractivity contribution >= 4 is 5.78 Å². The Morgan fingerprint density at radius 1 is 0.935 bits per heavy atom. The lowest BCUT2D eigenvalue weighted by molar-refractivity contribution is -0.0809. The van der Waals surface area contributed by atoms with Gasteiger partial charge in [-0.25, -0.2) is 0 Å². The molecule has 31 heavy (non-hydrogen) atoms. The number of Topliss-reactive ketones (excluding diaryl/α,β-unsaturated/α-hetero) is 1. The largest absolute Gasteiger partial charge is 0.384 e. The van der Waals surface area contributed by atoms with Crippen LogP contribution in [0.4, 0.5) is 0 Å². The molecule has 2 atom stereocenters. The van der Waals surface area contributed by atoms with Gasteiger partial charge in [0.05, 0.1) is 5.92 Å². The maximum Gasteiger partial charge on any atom is 0.170 e. The molecule has 0 spiro atoms. The molecule has 0 saturated carbocycles. The van der Waals surface area contributed by atoms with Crippen LogP contribution in [0.25, 0.3) is 0 Å². The van der Waals surface area contributed by atoms with Gasteiger partial charge >= 0.3 is 0 Å². The molecule has 2 aromatic carbocycles. The van der Waals surface area contributed by atoms with Gasteiger partial charge in [-0.15, -0.1) is 0 Å². The number of benzene rings is 2. The number of carbonyl (C=O) groups is 1. The van der Waals surface area contributed by atoms with Gasteiger partial charge in [0.25, 0.3) is 0 Å². The van der Waals surface area contributed by atoms with Crippen LogP contribution in [0.1, 0.15) is 62.9 Å². The molecule has 2 aliphatic heterocycles. The van der Waals surface area contributed by atoms with Crippen LogP contribution in [0, 0.1) is 5.92 Å². The van der Waals surface area contributed by atoms with Crippen molar-refractivity contribution in [2.45, 2.75) is 69.7 Å². The monoisotopic (exact) mass is 420 g/mol. The Kier molecular flexibility index (Phi) is 5.84. The summed E-state index contributed by atoms with van der Waals surface area (Å²) in [6.07, 6.45) is 2.63. The first-order chi connectivity index (χ1) is 14.6. The number of carbonyl (C=O) groups excluding carboxylic acids is 1. The van der Waals surface area contributed by atoms with Crippen LogP contribution in [0.5, 0.6) is 0 Å². The lowest BCUT2D eigenvalue weighted by Gasteiger charge is -2.53. The minimum Gasteiger partial charge on any atom is -0.384 e. The summed E-state index contributed by atoms with van der Waals surface area (Å²) in [5, 5.41) is 15.7. The first-order valence-electron chi connectivity index (χ1n) is 11.5. The molecular weight excluding hydrogens is 384 g/mol. The third-order valence-electron chi connectivity index (χ3n) is 7.11. The molecule has 2 aromatic rings. The first kappa shape index (κ1) is 22.2. The molecule has 0 radical (unpaired) electrons. The summed E-state index contributed by atoms with van der Waals surface area (Å²) >= 11 is 0. The van der Waals surface area contributed by atoms with Crippen molar-refractivity contribution in [2.24, 2.45) is 5.92 Å². The van der Waals surface area contributed by atoms with E-state index >= 15 is 0 Å². The van der Waals surface area contributed by atoms with Crippen molar-refractivity contribution in [1.29, 1.82) is 0 Å². The van der Waals surface area contributed by atoms with Gasteiger partial charge in [-0.05, 0) is 52.5 Å². The highest BCUT2D eigenvalue weighted by Crippen LogP contribution is 2.42. The molecule has 166 valence electrons. The van der Waals surface area contributed by atoms with Gasteiger partial charge in [0.2, 0.25) is 0 Å². The predicted molar refractivity (Wildman–Crippen MR) is 125 cm³/mol. The number of piperidine rings is 2. The second-order valence-electron chi connectivity index (χ2n) is 10.8. The number of nitrogens with zero attached hydrogens (tertiary/aromatic N) is 1. The zero-order valence-corrected chi connectivity index (χ0v) is 19.3. The van der Waals surface area contributed by atoms with E-state index in [1.54, 1.807) is 0 Å². The molecule has 2 saturated heterocycles. The average molecular weight is 421 g/mol. The van der Waals surface area contributed by atoms with Crippen LogP contribution < -0.4 is 5.32 Å². The summed E-state index contributed by atoms with van der Waals surface area (Å²) in [6.45, 7) is 10.4. The Morgan fingerprint density at radius 3 is 2.06 bits per heavy atom. The Labute approximate surface area is 186 Å². The zero-order chi connectivity index (χ0) is 22.3. The first-order valence-corrected chi connectivity index (χ1v) is 11.5. The summed E-state index contributed by atoms with van der Waals surface area (Å²) in [6, 6.07) is 19.6. The van der Waals surface area contributed by atoms with Crippen LogP contribution in [-0.4, -0.2) is 46.0 Å². The predicted octanol–water partition coefficient (Wildman–Crippen LogP) is 4.39. The van der Waals surface area contributed by atoms with E-state index in [9.17, 15) is 9.90 Å². The number of hydrogen-bond acceptors (Lipinski definition) is 4. The highest BCUT2D eigenvalue weighted by atomic mass is 16.3. The topological polar surface area (TPSA) is 52.6 Å². The lowest BCUT2D eigenvalue weighted by atomic mass is 9.71. The van der Waals surface area contributed by atoms with Crippen molar-refractivity contribution < 1.29 is 9.90 Å². The highest BCUT2D eigenvalue weighted by Gasteiger charge is 2.49. The lowest BCUT2D eigenvalue weighted by Crippen LogP contribution is -2.64. The second kappa shape index (κ2) is 8.16. The van der Waals surface area contributed by atoms with E-state index in [1.165, 1.54) is 0 Å². The van der Waals surface area contributed by atoms with Gasteiger partial charge in [0.15, 0.2) is 5.78 Å². The normalized spacial score (nSPS) is 28.9. The smallest absolute Gasteiger partial charge is 0.170 e. The molecule has 0 bridgehead atoms. The molecule has 0 unspecified atom stereocenters. The van der Waals surface area contributed by atoms with E-state index in [1.807, 2.05) is 60.7 Å². The van der Waals surface area contributed by atoms with Gasteiger partial charge in [-0.3, -0.25) is 9.69 Å². The molecule has 4 heteroatoms. The molecular formula is C27H36N2O2. The third kappa shape index (κ3) is 4.62.